The van der Waals surface area contributed by atoms with Gasteiger partial charge >= 0.3 is 11.9 Å². The lowest BCUT2D eigenvalue weighted by Crippen LogP contribution is -2.42. The lowest BCUT2D eigenvalue weighted by molar-refractivity contribution is -0.174. The van der Waals surface area contributed by atoms with Gasteiger partial charge in [0.25, 0.3) is 0 Å². The molecule has 1 aromatic rings. The second-order valence-corrected chi connectivity index (χ2v) is 11.7. The zero-order valence-corrected chi connectivity index (χ0v) is 26.9. The zero-order valence-electron chi connectivity index (χ0n) is 26.9. The van der Waals surface area contributed by atoms with Crippen LogP contribution in [0.5, 0.6) is 0 Å². The molecule has 0 spiro atoms. The van der Waals surface area contributed by atoms with Crippen LogP contribution in [0.2, 0.25) is 0 Å². The quantitative estimate of drug-likeness (QED) is 0.0566. The van der Waals surface area contributed by atoms with Crippen LogP contribution in [0.4, 0.5) is 0 Å². The largest absolute Gasteiger partial charge is 0.465 e. The van der Waals surface area contributed by atoms with Gasteiger partial charge in [0.2, 0.25) is 0 Å². The Labute approximate surface area is 252 Å². The van der Waals surface area contributed by atoms with Crippen LogP contribution < -0.4 is 0 Å². The van der Waals surface area contributed by atoms with E-state index >= 15 is 0 Å². The molecule has 0 aliphatic carbocycles. The number of esters is 2. The molecule has 0 heterocycles. The van der Waals surface area contributed by atoms with E-state index < -0.39 is 17.4 Å². The van der Waals surface area contributed by atoms with Gasteiger partial charge in [-0.15, -0.1) is 0 Å². The van der Waals surface area contributed by atoms with Gasteiger partial charge in [-0.25, -0.2) is 0 Å². The van der Waals surface area contributed by atoms with Crippen LogP contribution in [0.25, 0.3) is 0 Å². The summed E-state index contributed by atoms with van der Waals surface area (Å²) < 4.78 is 17.3. The number of hydrogen-bond donors (Lipinski definition) is 0. The lowest BCUT2D eigenvalue weighted by Gasteiger charge is -2.28. The molecule has 0 N–H and O–H groups in total. The number of benzene rings is 1. The first-order valence-corrected chi connectivity index (χ1v) is 17.1. The Morgan fingerprint density at radius 1 is 0.561 bits per heavy atom. The maximum absolute atomic E-state index is 13.4. The van der Waals surface area contributed by atoms with Crippen LogP contribution in [-0.4, -0.2) is 31.8 Å². The Kier molecular flexibility index (Phi) is 23.4. The van der Waals surface area contributed by atoms with E-state index in [2.05, 4.69) is 13.8 Å². The molecule has 5 heteroatoms. The normalized spacial score (nSPS) is 11.5. The molecule has 0 radical (unpaired) electrons. The SMILES string of the molecule is CCCCCCCCCCOC(=O)C(CC)(CCCCOCc1ccccc1)C(=O)OCCCCCCCCCC. The highest BCUT2D eigenvalue weighted by molar-refractivity contribution is 6.00. The van der Waals surface area contributed by atoms with E-state index in [0.29, 0.717) is 45.7 Å². The van der Waals surface area contributed by atoms with Crippen molar-refractivity contribution in [3.8, 4) is 0 Å². The van der Waals surface area contributed by atoms with Gasteiger partial charge in [-0.1, -0.05) is 141 Å². The summed E-state index contributed by atoms with van der Waals surface area (Å²) in [5.74, 6) is -0.817. The monoisotopic (exact) mass is 574 g/mol. The van der Waals surface area contributed by atoms with Gasteiger partial charge < -0.3 is 14.2 Å². The lowest BCUT2D eigenvalue weighted by atomic mass is 9.80. The molecule has 0 saturated heterocycles. The molecule has 41 heavy (non-hydrogen) atoms. The van der Waals surface area contributed by atoms with Crippen LogP contribution in [0.3, 0.4) is 0 Å². The maximum atomic E-state index is 13.4. The highest BCUT2D eigenvalue weighted by Crippen LogP contribution is 2.33. The third-order valence-electron chi connectivity index (χ3n) is 8.10. The molecule has 5 nitrogen and oxygen atoms in total. The van der Waals surface area contributed by atoms with Gasteiger partial charge in [0.15, 0.2) is 5.41 Å². The van der Waals surface area contributed by atoms with Crippen molar-refractivity contribution in [2.45, 2.75) is 156 Å². The van der Waals surface area contributed by atoms with Gasteiger partial charge in [0.1, 0.15) is 0 Å². The van der Waals surface area contributed by atoms with Gasteiger partial charge in [-0.05, 0) is 44.1 Å². The van der Waals surface area contributed by atoms with Crippen molar-refractivity contribution in [3.05, 3.63) is 35.9 Å². The highest BCUT2D eigenvalue weighted by Gasteiger charge is 2.46. The summed E-state index contributed by atoms with van der Waals surface area (Å²) in [6.45, 7) is 8.28. The van der Waals surface area contributed by atoms with Crippen molar-refractivity contribution in [3.63, 3.8) is 0 Å². The summed E-state index contributed by atoms with van der Waals surface area (Å²) in [7, 11) is 0. The van der Waals surface area contributed by atoms with Gasteiger partial charge in [0, 0.05) is 6.61 Å². The van der Waals surface area contributed by atoms with Crippen LogP contribution in [0, 0.1) is 5.41 Å². The van der Waals surface area contributed by atoms with E-state index in [-0.39, 0.29) is 0 Å². The number of hydrogen-bond acceptors (Lipinski definition) is 5. The highest BCUT2D eigenvalue weighted by atomic mass is 16.6. The molecule has 0 fully saturated rings. The third-order valence-corrected chi connectivity index (χ3v) is 8.10. The first-order valence-electron chi connectivity index (χ1n) is 17.1. The van der Waals surface area contributed by atoms with Gasteiger partial charge in [-0.3, -0.25) is 9.59 Å². The molecule has 0 aromatic heterocycles. The predicted octanol–water partition coefficient (Wildman–Crippen LogP) is 10.1. The topological polar surface area (TPSA) is 61.8 Å². The van der Waals surface area contributed by atoms with Gasteiger partial charge in [-0.2, -0.15) is 0 Å². The van der Waals surface area contributed by atoms with E-state index in [9.17, 15) is 9.59 Å². The average molecular weight is 575 g/mol. The molecule has 236 valence electrons. The van der Waals surface area contributed by atoms with Crippen molar-refractivity contribution in [2.75, 3.05) is 19.8 Å². The summed E-state index contributed by atoms with van der Waals surface area (Å²) in [4.78, 5) is 26.7. The standard InChI is InChI=1S/C36H62O5/c1-4-7-9-11-13-15-17-23-30-40-34(37)36(6-3,28-22-25-29-39-32-33-26-20-19-21-27-33)35(38)41-31-24-18-16-14-12-10-8-5-2/h19-21,26-27H,4-18,22-25,28-32H2,1-3H3. The van der Waals surface area contributed by atoms with Crippen LogP contribution in [-0.2, 0) is 30.4 Å². The maximum Gasteiger partial charge on any atom is 0.323 e. The van der Waals surface area contributed by atoms with Crippen molar-refractivity contribution < 1.29 is 23.8 Å². The van der Waals surface area contributed by atoms with E-state index in [4.69, 9.17) is 14.2 Å². The summed E-state index contributed by atoms with van der Waals surface area (Å²) in [5.41, 5.74) is -0.0794. The number of ether oxygens (including phenoxy) is 3. The Hall–Kier alpha value is -1.88. The van der Waals surface area contributed by atoms with E-state index in [1.54, 1.807) is 0 Å². The second kappa shape index (κ2) is 25.8. The van der Waals surface area contributed by atoms with Crippen molar-refractivity contribution in [2.24, 2.45) is 5.41 Å². The molecule has 0 bridgehead atoms. The Morgan fingerprint density at radius 3 is 1.46 bits per heavy atom. The number of unbranched alkanes of at least 4 members (excludes halogenated alkanes) is 15. The van der Waals surface area contributed by atoms with E-state index in [0.717, 1.165) is 37.7 Å². The second-order valence-electron chi connectivity index (χ2n) is 11.7. The smallest absolute Gasteiger partial charge is 0.323 e. The molecule has 1 aromatic carbocycles. The minimum atomic E-state index is -1.22. The summed E-state index contributed by atoms with van der Waals surface area (Å²) >= 11 is 0. The zero-order chi connectivity index (χ0) is 29.9. The summed E-state index contributed by atoms with van der Waals surface area (Å²) in [6, 6.07) is 10.1. The van der Waals surface area contributed by atoms with E-state index in [1.807, 2.05) is 37.3 Å². The molecule has 0 aliphatic rings. The van der Waals surface area contributed by atoms with Crippen molar-refractivity contribution in [1.82, 2.24) is 0 Å². The summed E-state index contributed by atoms with van der Waals surface area (Å²) in [5, 5.41) is 0. The minimum absolute atomic E-state index is 0.376. The molecule has 0 aliphatic heterocycles. The molecule has 1 rings (SSSR count). The Balaban J connectivity index is 2.50. The predicted molar refractivity (Wildman–Crippen MR) is 170 cm³/mol. The van der Waals surface area contributed by atoms with Gasteiger partial charge in [0.05, 0.1) is 19.8 Å². The number of carbonyl (C=O) groups is 2. The number of carbonyl (C=O) groups excluding carboxylic acids is 2. The first kappa shape index (κ1) is 37.1. The minimum Gasteiger partial charge on any atom is -0.465 e. The fourth-order valence-corrected chi connectivity index (χ4v) is 5.23. The molecular formula is C36H62O5. The fourth-order valence-electron chi connectivity index (χ4n) is 5.23. The van der Waals surface area contributed by atoms with E-state index in [1.165, 1.54) is 77.0 Å². The fraction of sp³-hybridized carbons (Fsp3) is 0.778. The molecular weight excluding hydrogens is 512 g/mol. The van der Waals surface area contributed by atoms with Crippen LogP contribution in [0.1, 0.15) is 155 Å². The number of rotatable bonds is 28. The average Bonchev–Trinajstić information content (AvgIpc) is 2.99. The first-order chi connectivity index (χ1) is 20.1. The van der Waals surface area contributed by atoms with Crippen molar-refractivity contribution in [1.29, 1.82) is 0 Å². The van der Waals surface area contributed by atoms with Crippen molar-refractivity contribution >= 4 is 11.9 Å². The van der Waals surface area contributed by atoms with Crippen LogP contribution >= 0.6 is 0 Å². The Morgan fingerprint density at radius 2 is 1.00 bits per heavy atom. The third kappa shape index (κ3) is 17.6. The van der Waals surface area contributed by atoms with Crippen LogP contribution in [0.15, 0.2) is 30.3 Å². The molecule has 0 saturated carbocycles. The molecule has 0 atom stereocenters. The molecule has 0 unspecified atom stereocenters. The summed E-state index contributed by atoms with van der Waals surface area (Å²) in [6.07, 6.45) is 21.3. The Bertz CT molecular complexity index is 714. The molecule has 0 amide bonds.